The molecule has 0 amide bonds. The van der Waals surface area contributed by atoms with E-state index in [1.807, 2.05) is 12.1 Å². The van der Waals surface area contributed by atoms with E-state index in [9.17, 15) is 9.18 Å². The fourth-order valence-corrected chi connectivity index (χ4v) is 3.08. The maximum atomic E-state index is 14.5. The molecule has 2 aromatic heterocycles. The smallest absolute Gasteiger partial charge is 0.326 e. The van der Waals surface area contributed by atoms with Crippen molar-refractivity contribution in [2.24, 2.45) is 5.73 Å². The molecule has 7 nitrogen and oxygen atoms in total. The summed E-state index contributed by atoms with van der Waals surface area (Å²) < 4.78 is 19.5. The van der Waals surface area contributed by atoms with Gasteiger partial charge in [0.05, 0.1) is 11.9 Å². The van der Waals surface area contributed by atoms with Gasteiger partial charge < -0.3 is 15.8 Å². The van der Waals surface area contributed by atoms with Crippen LogP contribution in [0.4, 0.5) is 15.9 Å². The molecule has 4 rings (SSSR count). The highest BCUT2D eigenvalue weighted by molar-refractivity contribution is 5.86. The van der Waals surface area contributed by atoms with Crippen molar-refractivity contribution in [2.75, 3.05) is 11.9 Å². The Labute approximate surface area is 142 Å². The first-order chi connectivity index (χ1) is 12.2. The van der Waals surface area contributed by atoms with Crippen LogP contribution in [0.5, 0.6) is 5.88 Å². The van der Waals surface area contributed by atoms with Gasteiger partial charge in [-0.2, -0.15) is 0 Å². The van der Waals surface area contributed by atoms with Gasteiger partial charge in [-0.1, -0.05) is 12.1 Å². The van der Waals surface area contributed by atoms with Gasteiger partial charge in [0.2, 0.25) is 0 Å². The molecule has 1 aromatic carbocycles. The van der Waals surface area contributed by atoms with Crippen LogP contribution in [0.15, 0.2) is 24.3 Å². The zero-order chi connectivity index (χ0) is 17.4. The Bertz CT molecular complexity index is 969. The number of aromatic nitrogens is 3. The summed E-state index contributed by atoms with van der Waals surface area (Å²) in [6, 6.07) is 7.18. The van der Waals surface area contributed by atoms with Gasteiger partial charge in [-0.3, -0.25) is 9.89 Å². The number of ether oxygens (including phenoxy) is 1. The Morgan fingerprint density at radius 3 is 3.12 bits per heavy atom. The van der Waals surface area contributed by atoms with Crippen LogP contribution >= 0.6 is 0 Å². The summed E-state index contributed by atoms with van der Waals surface area (Å²) in [4.78, 5) is 15.5. The third-order valence-electron chi connectivity index (χ3n) is 4.25. The molecule has 8 heteroatoms. The van der Waals surface area contributed by atoms with Crippen molar-refractivity contribution in [1.82, 2.24) is 15.2 Å². The number of nitrogens with one attached hydrogen (secondary N) is 2. The van der Waals surface area contributed by atoms with E-state index in [2.05, 4.69) is 26.6 Å². The van der Waals surface area contributed by atoms with Gasteiger partial charge in [0.1, 0.15) is 0 Å². The molecule has 1 aliphatic carbocycles. The van der Waals surface area contributed by atoms with Crippen molar-refractivity contribution >= 4 is 28.5 Å². The van der Waals surface area contributed by atoms with Gasteiger partial charge in [0.25, 0.3) is 5.88 Å². The number of esters is 1. The monoisotopic (exact) mass is 341 g/mol. The molecule has 4 N–H and O–H groups in total. The molecular formula is C17H16FN5O2. The first-order valence-electron chi connectivity index (χ1n) is 7.99. The zero-order valence-corrected chi connectivity index (χ0v) is 13.3. The molecule has 0 saturated carbocycles. The number of hydrogen-bond donors (Lipinski definition) is 3. The lowest BCUT2D eigenvalue weighted by Gasteiger charge is -2.11. The number of benzene rings is 1. The van der Waals surface area contributed by atoms with Gasteiger partial charge in [-0.15, -0.1) is 5.10 Å². The number of carbonyl (C=O) groups excluding carboxylic acids is 1. The quantitative estimate of drug-likeness (QED) is 0.628. The minimum Gasteiger partial charge on any atom is -0.404 e. The second kappa shape index (κ2) is 6.14. The van der Waals surface area contributed by atoms with Gasteiger partial charge in [0, 0.05) is 5.69 Å². The predicted octanol–water partition coefficient (Wildman–Crippen LogP) is 2.19. The van der Waals surface area contributed by atoms with Crippen LogP contribution in [0.25, 0.3) is 11.0 Å². The minimum absolute atomic E-state index is 0.0380. The van der Waals surface area contributed by atoms with Crippen LogP contribution < -0.4 is 15.8 Å². The number of H-pyrrole nitrogens is 1. The summed E-state index contributed by atoms with van der Waals surface area (Å²) in [5.74, 6) is -1.16. The number of hydrogen-bond acceptors (Lipinski definition) is 6. The van der Waals surface area contributed by atoms with Crippen molar-refractivity contribution < 1.29 is 13.9 Å². The number of anilines is 2. The molecule has 0 spiro atoms. The molecule has 0 radical (unpaired) electrons. The largest absolute Gasteiger partial charge is 0.404 e. The Kier molecular flexibility index (Phi) is 3.81. The SMILES string of the molecule is NCC(=O)Oc1n[nH]c2nc(Nc3cccc4c3CCC4)c(F)cc12. The molecule has 1 aliphatic rings. The molecule has 0 aliphatic heterocycles. The van der Waals surface area contributed by atoms with Crippen LogP contribution in [0, 0.1) is 5.82 Å². The summed E-state index contributed by atoms with van der Waals surface area (Å²) >= 11 is 0. The van der Waals surface area contributed by atoms with E-state index in [4.69, 9.17) is 10.5 Å². The number of aromatic amines is 1. The second-order valence-corrected chi connectivity index (χ2v) is 5.84. The fourth-order valence-electron chi connectivity index (χ4n) is 3.08. The van der Waals surface area contributed by atoms with E-state index in [1.165, 1.54) is 17.2 Å². The third-order valence-corrected chi connectivity index (χ3v) is 4.25. The van der Waals surface area contributed by atoms with Crippen LogP contribution in [0.1, 0.15) is 17.5 Å². The first-order valence-corrected chi connectivity index (χ1v) is 7.99. The van der Waals surface area contributed by atoms with E-state index in [-0.39, 0.29) is 23.6 Å². The maximum Gasteiger partial charge on any atom is 0.326 e. The van der Waals surface area contributed by atoms with Crippen LogP contribution in [0.3, 0.4) is 0 Å². The highest BCUT2D eigenvalue weighted by Gasteiger charge is 2.18. The molecule has 0 fully saturated rings. The topological polar surface area (TPSA) is 106 Å². The summed E-state index contributed by atoms with van der Waals surface area (Å²) in [5.41, 5.74) is 8.86. The predicted molar refractivity (Wildman–Crippen MR) is 90.3 cm³/mol. The summed E-state index contributed by atoms with van der Waals surface area (Å²) in [5, 5.41) is 9.83. The number of nitrogens with zero attached hydrogens (tertiary/aromatic N) is 2. The lowest BCUT2D eigenvalue weighted by Crippen LogP contribution is -2.19. The van der Waals surface area contributed by atoms with Crippen molar-refractivity contribution in [3.8, 4) is 5.88 Å². The van der Waals surface area contributed by atoms with Crippen LogP contribution in [-0.2, 0) is 17.6 Å². The molecule has 25 heavy (non-hydrogen) atoms. The number of rotatable bonds is 4. The van der Waals surface area contributed by atoms with Crippen LogP contribution in [-0.4, -0.2) is 27.7 Å². The van der Waals surface area contributed by atoms with E-state index in [0.717, 1.165) is 24.9 Å². The van der Waals surface area contributed by atoms with Gasteiger partial charge >= 0.3 is 5.97 Å². The number of carbonyl (C=O) groups is 1. The average Bonchev–Trinajstić information content (AvgIpc) is 3.23. The summed E-state index contributed by atoms with van der Waals surface area (Å²) in [6.07, 6.45) is 3.10. The third kappa shape index (κ3) is 2.80. The van der Waals surface area contributed by atoms with Gasteiger partial charge in [-0.05, 0) is 42.5 Å². The van der Waals surface area contributed by atoms with Crippen molar-refractivity contribution in [2.45, 2.75) is 19.3 Å². The zero-order valence-electron chi connectivity index (χ0n) is 13.3. The van der Waals surface area contributed by atoms with Crippen molar-refractivity contribution in [1.29, 1.82) is 0 Å². The second-order valence-electron chi connectivity index (χ2n) is 5.84. The lowest BCUT2D eigenvalue weighted by molar-refractivity contribution is -0.132. The number of aryl methyl sites for hydroxylation is 1. The maximum absolute atomic E-state index is 14.5. The number of fused-ring (bicyclic) bond motifs is 2. The molecule has 0 atom stereocenters. The molecule has 2 heterocycles. The number of nitrogens with two attached hydrogens (primary N) is 1. The van der Waals surface area contributed by atoms with E-state index >= 15 is 0 Å². The first kappa shape index (κ1) is 15.5. The minimum atomic E-state index is -0.657. The van der Waals surface area contributed by atoms with E-state index in [1.54, 1.807) is 0 Å². The van der Waals surface area contributed by atoms with Gasteiger partial charge in [-0.25, -0.2) is 9.37 Å². The van der Waals surface area contributed by atoms with E-state index in [0.29, 0.717) is 5.65 Å². The molecule has 128 valence electrons. The Hall–Kier alpha value is -3.00. The molecule has 0 unspecified atom stereocenters. The van der Waals surface area contributed by atoms with E-state index < -0.39 is 11.8 Å². The molecule has 0 bridgehead atoms. The van der Waals surface area contributed by atoms with Crippen LogP contribution in [0.2, 0.25) is 0 Å². The fraction of sp³-hybridized carbons (Fsp3) is 0.235. The Morgan fingerprint density at radius 1 is 1.40 bits per heavy atom. The highest BCUT2D eigenvalue weighted by atomic mass is 19.1. The average molecular weight is 341 g/mol. The molecule has 3 aromatic rings. The Balaban J connectivity index is 1.68. The number of pyridine rings is 1. The molecular weight excluding hydrogens is 325 g/mol. The summed E-state index contributed by atoms with van der Waals surface area (Å²) in [6.45, 7) is -0.289. The standard InChI is InChI=1S/C17H16FN5O2/c18-12-7-11-15(22-23-17(11)25-14(24)8-19)21-16(12)20-13-6-2-4-9-3-1-5-10(9)13/h2,4,6-7H,1,3,5,8,19H2,(H2,20,21,22,23). The normalized spacial score (nSPS) is 13.0. The molecule has 0 saturated heterocycles. The van der Waals surface area contributed by atoms with Gasteiger partial charge in [0.15, 0.2) is 17.3 Å². The Morgan fingerprint density at radius 2 is 2.28 bits per heavy atom. The number of halogens is 1. The lowest BCUT2D eigenvalue weighted by atomic mass is 10.1. The van der Waals surface area contributed by atoms with Crippen molar-refractivity contribution in [3.05, 3.63) is 41.2 Å². The van der Waals surface area contributed by atoms with Crippen molar-refractivity contribution in [3.63, 3.8) is 0 Å². The highest BCUT2D eigenvalue weighted by Crippen LogP contribution is 2.32. The summed E-state index contributed by atoms with van der Waals surface area (Å²) in [7, 11) is 0.